The van der Waals surface area contributed by atoms with Gasteiger partial charge < -0.3 is 5.11 Å². The minimum atomic E-state index is -0.370. The average Bonchev–Trinajstić information content (AvgIpc) is 2.47. The van der Waals surface area contributed by atoms with Crippen molar-refractivity contribution in [2.24, 2.45) is 0 Å². The summed E-state index contributed by atoms with van der Waals surface area (Å²) in [5, 5.41) is 12.8. The summed E-state index contributed by atoms with van der Waals surface area (Å²) in [4.78, 5) is 0. The molecule has 0 saturated heterocycles. The van der Waals surface area contributed by atoms with Gasteiger partial charge in [0.2, 0.25) is 0 Å². The van der Waals surface area contributed by atoms with Crippen molar-refractivity contribution in [2.45, 2.75) is 18.9 Å². The van der Waals surface area contributed by atoms with Crippen molar-refractivity contribution in [1.82, 2.24) is 0 Å². The number of hydrogen-bond acceptors (Lipinski definition) is 1. The Bertz CT molecular complexity index is 746. The van der Waals surface area contributed by atoms with Gasteiger partial charge in [-0.1, -0.05) is 70.5 Å². The van der Waals surface area contributed by atoms with Gasteiger partial charge in [0.05, 0.1) is 6.10 Å². The van der Waals surface area contributed by atoms with Crippen molar-refractivity contribution >= 4 is 26.7 Å². The maximum absolute atomic E-state index is 10.4. The van der Waals surface area contributed by atoms with Crippen LogP contribution in [0, 0.1) is 0 Å². The molecule has 0 spiro atoms. The normalized spacial score (nSPS) is 12.5. The highest BCUT2D eigenvalue weighted by atomic mass is 79.9. The lowest BCUT2D eigenvalue weighted by Gasteiger charge is -2.13. The van der Waals surface area contributed by atoms with Crippen LogP contribution in [-0.2, 0) is 12.8 Å². The van der Waals surface area contributed by atoms with E-state index < -0.39 is 0 Å². The van der Waals surface area contributed by atoms with Crippen molar-refractivity contribution in [3.05, 3.63) is 82.3 Å². The predicted octanol–water partition coefficient (Wildman–Crippen LogP) is 4.75. The van der Waals surface area contributed by atoms with Gasteiger partial charge in [-0.2, -0.15) is 0 Å². The van der Waals surface area contributed by atoms with Gasteiger partial charge in [0.1, 0.15) is 0 Å². The molecule has 1 nitrogen and oxygen atoms in total. The van der Waals surface area contributed by atoms with E-state index in [2.05, 4.69) is 58.4 Å². The van der Waals surface area contributed by atoms with Crippen LogP contribution in [-0.4, -0.2) is 11.2 Å². The van der Waals surface area contributed by atoms with E-state index in [1.165, 1.54) is 16.3 Å². The lowest BCUT2D eigenvalue weighted by atomic mass is 9.97. The Balaban J connectivity index is 1.79. The number of aliphatic hydroxyl groups excluding tert-OH is 1. The van der Waals surface area contributed by atoms with E-state index >= 15 is 0 Å². The molecule has 3 aromatic rings. The molecule has 3 rings (SSSR count). The van der Waals surface area contributed by atoms with Gasteiger partial charge in [-0.15, -0.1) is 0 Å². The summed E-state index contributed by atoms with van der Waals surface area (Å²) >= 11 is 3.47. The summed E-state index contributed by atoms with van der Waals surface area (Å²) in [5.74, 6) is 0. The van der Waals surface area contributed by atoms with E-state index in [0.29, 0.717) is 12.8 Å². The second-order valence-electron chi connectivity index (χ2n) is 5.33. The van der Waals surface area contributed by atoms with E-state index in [9.17, 15) is 5.11 Å². The second-order valence-corrected chi connectivity index (χ2v) is 6.25. The molecule has 0 aliphatic carbocycles. The monoisotopic (exact) mass is 340 g/mol. The Labute approximate surface area is 133 Å². The number of fused-ring (bicyclic) bond motifs is 1. The highest BCUT2D eigenvalue weighted by molar-refractivity contribution is 9.10. The van der Waals surface area contributed by atoms with Crippen LogP contribution in [0.5, 0.6) is 0 Å². The van der Waals surface area contributed by atoms with Crippen molar-refractivity contribution in [1.29, 1.82) is 0 Å². The summed E-state index contributed by atoms with van der Waals surface area (Å²) in [7, 11) is 0. The second kappa shape index (κ2) is 6.42. The highest BCUT2D eigenvalue weighted by Crippen LogP contribution is 2.21. The quantitative estimate of drug-likeness (QED) is 0.726. The van der Waals surface area contributed by atoms with E-state index in [-0.39, 0.29) is 6.10 Å². The molecule has 1 unspecified atom stereocenters. The van der Waals surface area contributed by atoms with Gasteiger partial charge >= 0.3 is 0 Å². The molecule has 106 valence electrons. The summed E-state index contributed by atoms with van der Waals surface area (Å²) in [5.41, 5.74) is 2.35. The molecule has 1 N–H and O–H groups in total. The lowest BCUT2D eigenvalue weighted by molar-refractivity contribution is 0.176. The molecule has 3 aromatic carbocycles. The standard InChI is InChI=1S/C19H17BrO/c20-17-9-3-5-14(11-17)12-18(21)13-16-8-4-7-15-6-1-2-10-19(15)16/h1-11,18,21H,12-13H2. The molecule has 1 atom stereocenters. The molecule has 2 heteroatoms. The third kappa shape index (κ3) is 3.52. The summed E-state index contributed by atoms with van der Waals surface area (Å²) in [6.45, 7) is 0. The number of halogens is 1. The summed E-state index contributed by atoms with van der Waals surface area (Å²) in [6, 6.07) is 22.7. The van der Waals surface area contributed by atoms with Crippen molar-refractivity contribution < 1.29 is 5.11 Å². The van der Waals surface area contributed by atoms with Gasteiger partial charge in [-0.05, 0) is 46.9 Å². The molecule has 0 aliphatic heterocycles. The van der Waals surface area contributed by atoms with Crippen LogP contribution in [0.25, 0.3) is 10.8 Å². The van der Waals surface area contributed by atoms with Gasteiger partial charge in [-0.3, -0.25) is 0 Å². The molecule has 0 fully saturated rings. The molecule has 0 radical (unpaired) electrons. The molecular formula is C19H17BrO. The average molecular weight is 341 g/mol. The molecule has 0 aliphatic rings. The number of rotatable bonds is 4. The maximum atomic E-state index is 10.4. The Morgan fingerprint density at radius 2 is 1.62 bits per heavy atom. The number of benzene rings is 3. The molecule has 0 saturated carbocycles. The first-order valence-corrected chi connectivity index (χ1v) is 7.91. The van der Waals surface area contributed by atoms with E-state index in [1.54, 1.807) is 0 Å². The fourth-order valence-corrected chi connectivity index (χ4v) is 3.18. The van der Waals surface area contributed by atoms with Gasteiger partial charge in [0, 0.05) is 4.47 Å². The van der Waals surface area contributed by atoms with Crippen molar-refractivity contribution in [2.75, 3.05) is 0 Å². The maximum Gasteiger partial charge on any atom is 0.0621 e. The van der Waals surface area contributed by atoms with Crippen LogP contribution in [0.3, 0.4) is 0 Å². The first-order valence-electron chi connectivity index (χ1n) is 7.11. The summed E-state index contributed by atoms with van der Waals surface area (Å²) < 4.78 is 1.05. The van der Waals surface area contributed by atoms with Gasteiger partial charge in [-0.25, -0.2) is 0 Å². The number of hydrogen-bond donors (Lipinski definition) is 1. The molecule has 0 bridgehead atoms. The fourth-order valence-electron chi connectivity index (χ4n) is 2.73. The zero-order valence-electron chi connectivity index (χ0n) is 11.7. The van der Waals surface area contributed by atoms with Gasteiger partial charge in [0.15, 0.2) is 0 Å². The molecule has 0 amide bonds. The largest absolute Gasteiger partial charge is 0.392 e. The van der Waals surface area contributed by atoms with E-state index in [4.69, 9.17) is 0 Å². The van der Waals surface area contributed by atoms with Crippen molar-refractivity contribution in [3.63, 3.8) is 0 Å². The SMILES string of the molecule is OC(Cc1cccc(Br)c1)Cc1cccc2ccccc12. The zero-order valence-corrected chi connectivity index (χ0v) is 13.3. The predicted molar refractivity (Wildman–Crippen MR) is 91.5 cm³/mol. The fraction of sp³-hybridized carbons (Fsp3) is 0.158. The zero-order chi connectivity index (χ0) is 14.7. The minimum absolute atomic E-state index is 0.370. The van der Waals surface area contributed by atoms with Crippen LogP contribution >= 0.6 is 15.9 Å². The number of aliphatic hydroxyl groups is 1. The Hall–Kier alpha value is -1.64. The third-order valence-electron chi connectivity index (χ3n) is 3.70. The van der Waals surface area contributed by atoms with Crippen LogP contribution in [0.4, 0.5) is 0 Å². The van der Waals surface area contributed by atoms with E-state index in [1.807, 2.05) is 24.3 Å². The summed E-state index contributed by atoms with van der Waals surface area (Å²) in [6.07, 6.45) is 0.974. The molecule has 21 heavy (non-hydrogen) atoms. The molecule has 0 heterocycles. The third-order valence-corrected chi connectivity index (χ3v) is 4.19. The Morgan fingerprint density at radius 1 is 0.857 bits per heavy atom. The Morgan fingerprint density at radius 3 is 2.48 bits per heavy atom. The van der Waals surface area contributed by atoms with Crippen LogP contribution in [0.2, 0.25) is 0 Å². The van der Waals surface area contributed by atoms with Crippen LogP contribution in [0.15, 0.2) is 71.2 Å². The molecular weight excluding hydrogens is 324 g/mol. The minimum Gasteiger partial charge on any atom is -0.392 e. The smallest absolute Gasteiger partial charge is 0.0621 e. The van der Waals surface area contributed by atoms with Crippen LogP contribution in [0.1, 0.15) is 11.1 Å². The van der Waals surface area contributed by atoms with Gasteiger partial charge in [0.25, 0.3) is 0 Å². The molecule has 0 aromatic heterocycles. The van der Waals surface area contributed by atoms with E-state index in [0.717, 1.165) is 10.0 Å². The first-order chi connectivity index (χ1) is 10.2. The topological polar surface area (TPSA) is 20.2 Å². The van der Waals surface area contributed by atoms with Crippen molar-refractivity contribution in [3.8, 4) is 0 Å². The first kappa shape index (κ1) is 14.3. The Kier molecular flexibility index (Phi) is 4.37. The highest BCUT2D eigenvalue weighted by Gasteiger charge is 2.09. The van der Waals surface area contributed by atoms with Crippen LogP contribution < -0.4 is 0 Å². The lowest BCUT2D eigenvalue weighted by Crippen LogP contribution is -2.14.